The summed E-state index contributed by atoms with van der Waals surface area (Å²) in [6, 6.07) is 10.4. The molecule has 0 unspecified atom stereocenters. The van der Waals surface area contributed by atoms with Crippen LogP contribution in [0.5, 0.6) is 0 Å². The number of nitrogens with one attached hydrogen (secondary N) is 1. The van der Waals surface area contributed by atoms with Crippen LogP contribution in [0.3, 0.4) is 0 Å². The third-order valence-electron chi connectivity index (χ3n) is 3.87. The van der Waals surface area contributed by atoms with Crippen LogP contribution in [-0.2, 0) is 0 Å². The fourth-order valence-electron chi connectivity index (χ4n) is 2.75. The highest BCUT2D eigenvalue weighted by Crippen LogP contribution is 2.24. The first-order valence-corrected chi connectivity index (χ1v) is 7.73. The minimum Gasteiger partial charge on any atom is -0.371 e. The van der Waals surface area contributed by atoms with Gasteiger partial charge in [0.25, 0.3) is 0 Å². The van der Waals surface area contributed by atoms with E-state index in [9.17, 15) is 0 Å². The summed E-state index contributed by atoms with van der Waals surface area (Å²) in [5.74, 6) is 0.656. The van der Waals surface area contributed by atoms with Gasteiger partial charge in [-0.2, -0.15) is 0 Å². The summed E-state index contributed by atoms with van der Waals surface area (Å²) in [6.45, 7) is 4.29. The molecule has 1 aliphatic rings. The van der Waals surface area contributed by atoms with Gasteiger partial charge in [-0.3, -0.25) is 0 Å². The van der Waals surface area contributed by atoms with E-state index in [4.69, 9.17) is 0 Å². The van der Waals surface area contributed by atoms with E-state index in [1.54, 1.807) is 6.20 Å². The Kier molecular flexibility index (Phi) is 4.34. The van der Waals surface area contributed by atoms with Crippen molar-refractivity contribution in [2.24, 2.45) is 0 Å². The van der Waals surface area contributed by atoms with Gasteiger partial charge in [-0.15, -0.1) is 0 Å². The third-order valence-corrected chi connectivity index (χ3v) is 3.87. The number of rotatable bonds is 3. The van der Waals surface area contributed by atoms with Gasteiger partial charge in [0.05, 0.1) is 0 Å². The molecule has 2 aromatic rings. The van der Waals surface area contributed by atoms with Gasteiger partial charge in [0, 0.05) is 36.4 Å². The van der Waals surface area contributed by atoms with Crippen LogP contribution in [0.2, 0.25) is 0 Å². The van der Waals surface area contributed by atoms with E-state index in [1.165, 1.54) is 31.4 Å². The molecule has 1 saturated heterocycles. The molecular formula is C17H22N4. The Morgan fingerprint density at radius 1 is 1.05 bits per heavy atom. The molecule has 0 aliphatic carbocycles. The molecule has 3 rings (SSSR count). The topological polar surface area (TPSA) is 41.1 Å². The first-order chi connectivity index (χ1) is 10.3. The average molecular weight is 282 g/mol. The molecule has 4 nitrogen and oxygen atoms in total. The van der Waals surface area contributed by atoms with Crippen molar-refractivity contribution in [3.8, 4) is 0 Å². The highest BCUT2D eigenvalue weighted by molar-refractivity contribution is 5.62. The lowest BCUT2D eigenvalue weighted by Crippen LogP contribution is -2.23. The third kappa shape index (κ3) is 3.72. The second-order valence-corrected chi connectivity index (χ2v) is 5.60. The van der Waals surface area contributed by atoms with Crippen molar-refractivity contribution in [1.29, 1.82) is 0 Å². The van der Waals surface area contributed by atoms with Gasteiger partial charge < -0.3 is 10.2 Å². The van der Waals surface area contributed by atoms with E-state index in [0.29, 0.717) is 5.95 Å². The van der Waals surface area contributed by atoms with E-state index < -0.39 is 0 Å². The predicted octanol–water partition coefficient (Wildman–Crippen LogP) is 3.91. The van der Waals surface area contributed by atoms with Crippen molar-refractivity contribution in [2.45, 2.75) is 32.6 Å². The first kappa shape index (κ1) is 13.9. The van der Waals surface area contributed by atoms with Gasteiger partial charge in [-0.05, 0) is 44.0 Å². The SMILES string of the molecule is Cc1ccnc(Nc2cccc(N3CCCCCC3)c2)n1. The maximum atomic E-state index is 4.39. The molecule has 1 fully saturated rings. The van der Waals surface area contributed by atoms with Crippen molar-refractivity contribution >= 4 is 17.3 Å². The number of hydrogen-bond acceptors (Lipinski definition) is 4. The number of hydrogen-bond donors (Lipinski definition) is 1. The van der Waals surface area contributed by atoms with Crippen molar-refractivity contribution in [3.05, 3.63) is 42.2 Å². The van der Waals surface area contributed by atoms with Gasteiger partial charge in [0.15, 0.2) is 0 Å². The Balaban J connectivity index is 1.76. The predicted molar refractivity (Wildman–Crippen MR) is 87.2 cm³/mol. The lowest BCUT2D eigenvalue weighted by Gasteiger charge is -2.23. The van der Waals surface area contributed by atoms with E-state index >= 15 is 0 Å². The molecule has 1 aliphatic heterocycles. The highest BCUT2D eigenvalue weighted by atomic mass is 15.1. The molecular weight excluding hydrogens is 260 g/mol. The summed E-state index contributed by atoms with van der Waals surface area (Å²) in [5, 5.41) is 3.29. The van der Waals surface area contributed by atoms with Gasteiger partial charge in [0.1, 0.15) is 0 Å². The first-order valence-electron chi connectivity index (χ1n) is 7.73. The van der Waals surface area contributed by atoms with Gasteiger partial charge in [0.2, 0.25) is 5.95 Å². The second-order valence-electron chi connectivity index (χ2n) is 5.60. The van der Waals surface area contributed by atoms with E-state index in [0.717, 1.165) is 24.5 Å². The average Bonchev–Trinajstić information content (AvgIpc) is 2.77. The molecule has 4 heteroatoms. The Bertz CT molecular complexity index is 589. The Labute approximate surface area is 126 Å². The summed E-state index contributed by atoms with van der Waals surface area (Å²) >= 11 is 0. The van der Waals surface area contributed by atoms with Crippen molar-refractivity contribution in [1.82, 2.24) is 9.97 Å². The lowest BCUT2D eigenvalue weighted by molar-refractivity contribution is 0.726. The van der Waals surface area contributed by atoms with Crippen molar-refractivity contribution in [3.63, 3.8) is 0 Å². The molecule has 0 radical (unpaired) electrons. The maximum absolute atomic E-state index is 4.39. The normalized spacial score (nSPS) is 15.6. The maximum Gasteiger partial charge on any atom is 0.227 e. The Morgan fingerprint density at radius 3 is 2.62 bits per heavy atom. The number of anilines is 3. The van der Waals surface area contributed by atoms with Gasteiger partial charge in [-0.25, -0.2) is 9.97 Å². The summed E-state index contributed by atoms with van der Waals surface area (Å²) in [5.41, 5.74) is 3.30. The summed E-state index contributed by atoms with van der Waals surface area (Å²) in [7, 11) is 0. The minimum absolute atomic E-state index is 0.656. The largest absolute Gasteiger partial charge is 0.371 e. The van der Waals surface area contributed by atoms with Crippen LogP contribution in [0.25, 0.3) is 0 Å². The zero-order chi connectivity index (χ0) is 14.5. The number of benzene rings is 1. The molecule has 1 aromatic heterocycles. The fourth-order valence-corrected chi connectivity index (χ4v) is 2.75. The van der Waals surface area contributed by atoms with E-state index in [-0.39, 0.29) is 0 Å². The van der Waals surface area contributed by atoms with Gasteiger partial charge in [-0.1, -0.05) is 18.9 Å². The van der Waals surface area contributed by atoms with Crippen LogP contribution < -0.4 is 10.2 Å². The zero-order valence-corrected chi connectivity index (χ0v) is 12.5. The lowest BCUT2D eigenvalue weighted by atomic mass is 10.2. The Hall–Kier alpha value is -2.10. The van der Waals surface area contributed by atoms with Crippen LogP contribution in [0.15, 0.2) is 36.5 Å². The quantitative estimate of drug-likeness (QED) is 0.926. The van der Waals surface area contributed by atoms with Crippen molar-refractivity contribution in [2.75, 3.05) is 23.3 Å². The molecule has 1 aromatic carbocycles. The number of aromatic nitrogens is 2. The molecule has 1 N–H and O–H groups in total. The fraction of sp³-hybridized carbons (Fsp3) is 0.412. The van der Waals surface area contributed by atoms with Crippen LogP contribution >= 0.6 is 0 Å². The van der Waals surface area contributed by atoms with Crippen molar-refractivity contribution < 1.29 is 0 Å². The number of nitrogens with zero attached hydrogens (tertiary/aromatic N) is 3. The molecule has 0 atom stereocenters. The van der Waals surface area contributed by atoms with Crippen LogP contribution in [0.4, 0.5) is 17.3 Å². The van der Waals surface area contributed by atoms with Crippen LogP contribution in [0, 0.1) is 6.92 Å². The van der Waals surface area contributed by atoms with Gasteiger partial charge >= 0.3 is 0 Å². The minimum atomic E-state index is 0.656. The van der Waals surface area contributed by atoms with E-state index in [1.807, 2.05) is 13.0 Å². The molecule has 2 heterocycles. The van der Waals surface area contributed by atoms with Crippen LogP contribution in [0.1, 0.15) is 31.4 Å². The molecule has 110 valence electrons. The highest BCUT2D eigenvalue weighted by Gasteiger charge is 2.10. The molecule has 21 heavy (non-hydrogen) atoms. The molecule has 0 spiro atoms. The van der Waals surface area contributed by atoms with Crippen LogP contribution in [-0.4, -0.2) is 23.1 Å². The zero-order valence-electron chi connectivity index (χ0n) is 12.5. The smallest absolute Gasteiger partial charge is 0.227 e. The number of aryl methyl sites for hydroxylation is 1. The second kappa shape index (κ2) is 6.57. The van der Waals surface area contributed by atoms with E-state index in [2.05, 4.69) is 44.5 Å². The monoisotopic (exact) mass is 282 g/mol. The Morgan fingerprint density at radius 2 is 1.86 bits per heavy atom. The molecule has 0 amide bonds. The molecule has 0 saturated carbocycles. The summed E-state index contributed by atoms with van der Waals surface area (Å²) in [6.07, 6.45) is 7.07. The standard InChI is InChI=1S/C17H22N4/c1-14-9-10-18-17(19-14)20-15-7-6-8-16(13-15)21-11-4-2-3-5-12-21/h6-10,13H,2-5,11-12H2,1H3,(H,18,19,20). The summed E-state index contributed by atoms with van der Waals surface area (Å²) < 4.78 is 0. The summed E-state index contributed by atoms with van der Waals surface area (Å²) in [4.78, 5) is 11.1. The molecule has 0 bridgehead atoms.